The number of piperidine rings is 1. The Morgan fingerprint density at radius 1 is 1.21 bits per heavy atom. The lowest BCUT2D eigenvalue weighted by Gasteiger charge is -2.42. The molecule has 0 saturated carbocycles. The Hall–Kier alpha value is -2.08. The van der Waals surface area contributed by atoms with Crippen LogP contribution in [0.2, 0.25) is 0 Å². The highest BCUT2D eigenvalue weighted by Crippen LogP contribution is 2.31. The van der Waals surface area contributed by atoms with Gasteiger partial charge in [0.2, 0.25) is 5.91 Å². The van der Waals surface area contributed by atoms with Crippen molar-refractivity contribution in [3.8, 4) is 0 Å². The molecule has 0 aromatic carbocycles. The van der Waals surface area contributed by atoms with E-state index in [4.69, 9.17) is 4.74 Å². The number of hydrogen-bond acceptors (Lipinski definition) is 9. The molecule has 2 rings (SSSR count). The molecule has 6 unspecified atom stereocenters. The lowest BCUT2D eigenvalue weighted by Crippen LogP contribution is -2.61. The molecule has 11 heteroatoms. The summed E-state index contributed by atoms with van der Waals surface area (Å²) in [5.41, 5.74) is 2.30. The van der Waals surface area contributed by atoms with Gasteiger partial charge in [-0.1, -0.05) is 60.7 Å². The maximum absolute atomic E-state index is 12.4. The number of allylic oxidation sites excluding steroid dienone is 3. The molecule has 9 nitrogen and oxygen atoms in total. The van der Waals surface area contributed by atoms with Crippen molar-refractivity contribution >= 4 is 33.4 Å². The van der Waals surface area contributed by atoms with Crippen LogP contribution in [0.4, 0.5) is 0 Å². The Kier molecular flexibility index (Phi) is 13.8. The number of nitrogens with one attached hydrogen (secondary N) is 3. The highest BCUT2D eigenvalue weighted by molar-refractivity contribution is 8.76. The molecule has 220 valence electrons. The van der Waals surface area contributed by atoms with Crippen molar-refractivity contribution in [1.82, 2.24) is 20.9 Å². The fraction of sp³-hybridized carbons (Fsp3) is 0.643. The number of rotatable bonds is 18. The predicted molar refractivity (Wildman–Crippen MR) is 161 cm³/mol. The molecule has 2 fully saturated rings. The molecule has 0 bridgehead atoms. The van der Waals surface area contributed by atoms with E-state index in [0.717, 1.165) is 29.9 Å². The first-order valence-corrected chi connectivity index (χ1v) is 15.9. The summed E-state index contributed by atoms with van der Waals surface area (Å²) in [5, 5.41) is 29.8. The summed E-state index contributed by atoms with van der Waals surface area (Å²) in [6.45, 7) is 23.3. The van der Waals surface area contributed by atoms with Crippen molar-refractivity contribution in [3.05, 3.63) is 49.0 Å². The van der Waals surface area contributed by atoms with Crippen LogP contribution in [0.25, 0.3) is 0 Å². The first-order valence-electron chi connectivity index (χ1n) is 13.5. The van der Waals surface area contributed by atoms with Gasteiger partial charge in [0.15, 0.2) is 0 Å². The quantitative estimate of drug-likeness (QED) is 0.0546. The molecule has 0 aromatic rings. The maximum atomic E-state index is 12.4. The Morgan fingerprint density at radius 3 is 2.59 bits per heavy atom. The Morgan fingerprint density at radius 2 is 1.90 bits per heavy atom. The molecular weight excluding hydrogens is 536 g/mol. The smallest absolute Gasteiger partial charge is 0.271 e. The minimum absolute atomic E-state index is 0.0504. The zero-order valence-corrected chi connectivity index (χ0v) is 25.2. The van der Waals surface area contributed by atoms with E-state index in [9.17, 15) is 19.8 Å². The number of carbonyl (C=O) groups is 2. The number of aliphatic hydroxyl groups excluding tert-OH is 2. The molecule has 0 aliphatic carbocycles. The number of amides is 2. The normalized spacial score (nSPS) is 23.9. The van der Waals surface area contributed by atoms with Crippen LogP contribution in [-0.4, -0.2) is 82.0 Å². The second-order valence-corrected chi connectivity index (χ2v) is 13.4. The minimum Gasteiger partial charge on any atom is -0.496 e. The first kappa shape index (κ1) is 33.1. The van der Waals surface area contributed by atoms with E-state index < -0.39 is 18.4 Å². The van der Waals surface area contributed by atoms with Gasteiger partial charge < -0.3 is 35.8 Å². The van der Waals surface area contributed by atoms with E-state index >= 15 is 0 Å². The minimum atomic E-state index is -1.07. The van der Waals surface area contributed by atoms with Gasteiger partial charge in [0.05, 0.1) is 23.6 Å². The van der Waals surface area contributed by atoms with Crippen molar-refractivity contribution in [2.24, 2.45) is 5.92 Å². The summed E-state index contributed by atoms with van der Waals surface area (Å²) in [4.78, 5) is 26.1. The Bertz CT molecular complexity index is 914. The third-order valence-electron chi connectivity index (χ3n) is 6.74. The van der Waals surface area contributed by atoms with Crippen LogP contribution in [-0.2, 0) is 14.3 Å². The molecular formula is C28H46N4O5S2. The topological polar surface area (TPSA) is 123 Å². The van der Waals surface area contributed by atoms with Gasteiger partial charge in [-0.15, -0.1) is 6.58 Å². The third kappa shape index (κ3) is 10.8. The fourth-order valence-corrected chi connectivity index (χ4v) is 6.83. The van der Waals surface area contributed by atoms with Crippen molar-refractivity contribution in [2.75, 3.05) is 25.4 Å². The number of hydrogen-bond donors (Lipinski definition) is 5. The van der Waals surface area contributed by atoms with E-state index in [1.807, 2.05) is 6.92 Å². The summed E-state index contributed by atoms with van der Waals surface area (Å²) >= 11 is 0. The number of ether oxygens (including phenoxy) is 1. The van der Waals surface area contributed by atoms with E-state index in [-0.39, 0.29) is 36.6 Å². The molecule has 2 amide bonds. The second-order valence-electron chi connectivity index (χ2n) is 10.5. The highest BCUT2D eigenvalue weighted by Gasteiger charge is 2.49. The summed E-state index contributed by atoms with van der Waals surface area (Å²) in [7, 11) is 3.45. The van der Waals surface area contributed by atoms with Gasteiger partial charge in [-0.25, -0.2) is 0 Å². The van der Waals surface area contributed by atoms with Gasteiger partial charge >= 0.3 is 0 Å². The van der Waals surface area contributed by atoms with E-state index in [0.29, 0.717) is 42.9 Å². The van der Waals surface area contributed by atoms with E-state index in [2.05, 4.69) is 56.1 Å². The average molecular weight is 583 g/mol. The molecule has 2 aliphatic rings. The van der Waals surface area contributed by atoms with Gasteiger partial charge in [-0.3, -0.25) is 9.59 Å². The van der Waals surface area contributed by atoms with Crippen LogP contribution in [0.15, 0.2) is 49.0 Å². The molecule has 2 saturated heterocycles. The van der Waals surface area contributed by atoms with Gasteiger partial charge in [0.25, 0.3) is 5.91 Å². The zero-order valence-electron chi connectivity index (χ0n) is 23.5. The van der Waals surface area contributed by atoms with Crippen molar-refractivity contribution in [2.45, 2.75) is 82.5 Å². The largest absolute Gasteiger partial charge is 0.496 e. The molecule has 2 aliphatic heterocycles. The molecule has 6 atom stereocenters. The van der Waals surface area contributed by atoms with Crippen LogP contribution in [0.5, 0.6) is 0 Å². The molecule has 5 N–H and O–H groups in total. The zero-order chi connectivity index (χ0) is 29.1. The second kappa shape index (κ2) is 16.2. The lowest BCUT2D eigenvalue weighted by atomic mass is 9.95. The SMILES string of the molecule is C=C(C)CC(C)C(=C)NCCNC(=O)CCC(C)SSCCC(=C)OCC1CC(O)C(O)C2NC(=C)C(=O)N12. The number of nitrogens with zero attached hydrogens (tertiary/aromatic N) is 1. The van der Waals surface area contributed by atoms with E-state index in [1.54, 1.807) is 21.6 Å². The van der Waals surface area contributed by atoms with Crippen molar-refractivity contribution in [3.63, 3.8) is 0 Å². The predicted octanol–water partition coefficient (Wildman–Crippen LogP) is 3.04. The summed E-state index contributed by atoms with van der Waals surface area (Å²) in [5.74, 6) is 1.49. The van der Waals surface area contributed by atoms with Gasteiger partial charge in [-0.2, -0.15) is 0 Å². The maximum Gasteiger partial charge on any atom is 0.271 e. The molecule has 2 heterocycles. The number of carbonyl (C=O) groups excluding carboxylic acids is 2. The van der Waals surface area contributed by atoms with Crippen molar-refractivity contribution in [1.29, 1.82) is 0 Å². The lowest BCUT2D eigenvalue weighted by molar-refractivity contribution is -0.145. The highest BCUT2D eigenvalue weighted by atomic mass is 33.1. The number of fused-ring (bicyclic) bond motifs is 1. The number of aliphatic hydroxyl groups is 2. The summed E-state index contributed by atoms with van der Waals surface area (Å²) < 4.78 is 5.81. The van der Waals surface area contributed by atoms with Crippen LogP contribution in [0.1, 0.15) is 52.9 Å². The summed E-state index contributed by atoms with van der Waals surface area (Å²) in [6.07, 6.45) is 0.331. The van der Waals surface area contributed by atoms with Gasteiger partial charge in [0.1, 0.15) is 18.9 Å². The summed E-state index contributed by atoms with van der Waals surface area (Å²) in [6, 6.07) is -0.378. The first-order chi connectivity index (χ1) is 18.4. The Labute approximate surface area is 241 Å². The molecule has 0 aromatic heterocycles. The van der Waals surface area contributed by atoms with E-state index in [1.165, 1.54) is 4.90 Å². The van der Waals surface area contributed by atoms with Crippen LogP contribution < -0.4 is 16.0 Å². The average Bonchev–Trinajstić information content (AvgIpc) is 3.18. The van der Waals surface area contributed by atoms with Gasteiger partial charge in [-0.05, 0) is 32.1 Å². The molecule has 39 heavy (non-hydrogen) atoms. The standard InChI is InChI=1S/C28H46N4O5S2/c1-17(2)14-18(3)21(6)29-11-12-30-25(34)9-8-20(5)39-38-13-10-19(4)37-16-23-15-24(33)26(35)27-31-22(7)28(36)32(23)27/h18,20,23-24,26-27,29,31,33,35H,1,4,6-16H2,2-3,5H3,(H,30,34). The van der Waals surface area contributed by atoms with Crippen molar-refractivity contribution < 1.29 is 24.5 Å². The monoisotopic (exact) mass is 582 g/mol. The van der Waals surface area contributed by atoms with Crippen LogP contribution >= 0.6 is 21.6 Å². The Balaban J connectivity index is 1.54. The molecule has 0 radical (unpaired) electrons. The molecule has 0 spiro atoms. The van der Waals surface area contributed by atoms with Gasteiger partial charge in [0, 0.05) is 42.6 Å². The van der Waals surface area contributed by atoms with Crippen LogP contribution in [0.3, 0.4) is 0 Å². The third-order valence-corrected chi connectivity index (χ3v) is 9.71. The van der Waals surface area contributed by atoms with Crippen LogP contribution in [0, 0.1) is 5.92 Å². The fourth-order valence-electron chi connectivity index (χ4n) is 4.45.